The Labute approximate surface area is 208 Å². The van der Waals surface area contributed by atoms with E-state index in [-0.39, 0.29) is 17.2 Å². The van der Waals surface area contributed by atoms with Gasteiger partial charge in [-0.15, -0.1) is 0 Å². The van der Waals surface area contributed by atoms with E-state index in [0.717, 1.165) is 22.9 Å². The van der Waals surface area contributed by atoms with Crippen LogP contribution in [-0.4, -0.2) is 27.7 Å². The highest BCUT2D eigenvalue weighted by Gasteiger charge is 2.47. The SMILES string of the molecule is CCc1ccc(C2/C(=C(/O)c3c[nH]c4ccccc34)C(=O)C(=O)N2c2cccc(NC(C)=O)c2)cc1. The van der Waals surface area contributed by atoms with Gasteiger partial charge >= 0.3 is 0 Å². The summed E-state index contributed by atoms with van der Waals surface area (Å²) in [6, 6.07) is 21.0. The van der Waals surface area contributed by atoms with Crippen molar-refractivity contribution in [1.29, 1.82) is 0 Å². The molecule has 0 radical (unpaired) electrons. The second-order valence-corrected chi connectivity index (χ2v) is 8.74. The number of benzene rings is 3. The first-order valence-corrected chi connectivity index (χ1v) is 11.7. The lowest BCUT2D eigenvalue weighted by Gasteiger charge is -2.26. The third kappa shape index (κ3) is 3.94. The number of aliphatic hydroxyl groups excluding tert-OH is 1. The number of ketones is 1. The summed E-state index contributed by atoms with van der Waals surface area (Å²) in [4.78, 5) is 43.0. The molecule has 1 atom stereocenters. The zero-order chi connectivity index (χ0) is 25.4. The molecule has 2 amide bonds. The molecule has 2 heterocycles. The smallest absolute Gasteiger partial charge is 0.300 e. The van der Waals surface area contributed by atoms with E-state index in [2.05, 4.69) is 10.3 Å². The summed E-state index contributed by atoms with van der Waals surface area (Å²) in [6.45, 7) is 3.45. The molecule has 0 spiro atoms. The first-order valence-electron chi connectivity index (χ1n) is 11.7. The molecule has 0 aliphatic carbocycles. The lowest BCUT2D eigenvalue weighted by atomic mass is 9.94. The van der Waals surface area contributed by atoms with Gasteiger partial charge in [-0.2, -0.15) is 0 Å². The number of carbonyl (C=O) groups excluding carboxylic acids is 3. The van der Waals surface area contributed by atoms with Crippen molar-refractivity contribution in [3.63, 3.8) is 0 Å². The van der Waals surface area contributed by atoms with E-state index in [1.54, 1.807) is 30.5 Å². The van der Waals surface area contributed by atoms with E-state index in [9.17, 15) is 19.5 Å². The lowest BCUT2D eigenvalue weighted by molar-refractivity contribution is -0.132. The Morgan fingerprint density at radius 3 is 2.50 bits per heavy atom. The molecule has 7 heteroatoms. The van der Waals surface area contributed by atoms with Gasteiger partial charge in [-0.25, -0.2) is 0 Å². The number of aryl methyl sites for hydroxylation is 1. The van der Waals surface area contributed by atoms with E-state index in [4.69, 9.17) is 0 Å². The number of carbonyl (C=O) groups is 3. The molecule has 36 heavy (non-hydrogen) atoms. The van der Waals surface area contributed by atoms with Crippen molar-refractivity contribution < 1.29 is 19.5 Å². The van der Waals surface area contributed by atoms with Gasteiger partial charge in [-0.3, -0.25) is 19.3 Å². The maximum absolute atomic E-state index is 13.4. The quantitative estimate of drug-likeness (QED) is 0.205. The van der Waals surface area contributed by atoms with Crippen molar-refractivity contribution in [3.05, 3.63) is 101 Å². The van der Waals surface area contributed by atoms with Crippen molar-refractivity contribution in [2.75, 3.05) is 10.2 Å². The van der Waals surface area contributed by atoms with Gasteiger partial charge in [0.05, 0.1) is 11.6 Å². The molecule has 0 saturated carbocycles. The number of Topliss-reactive ketones (excluding diaryl/α,β-unsaturated/α-hetero) is 1. The van der Waals surface area contributed by atoms with Gasteiger partial charge in [0.2, 0.25) is 5.91 Å². The molecule has 1 aromatic heterocycles. The highest BCUT2D eigenvalue weighted by atomic mass is 16.3. The van der Waals surface area contributed by atoms with Crippen LogP contribution >= 0.6 is 0 Å². The van der Waals surface area contributed by atoms with Gasteiger partial charge in [0, 0.05) is 41.0 Å². The number of hydrogen-bond acceptors (Lipinski definition) is 4. The van der Waals surface area contributed by atoms with Crippen molar-refractivity contribution in [3.8, 4) is 0 Å². The largest absolute Gasteiger partial charge is 0.507 e. The first kappa shape index (κ1) is 23.1. The van der Waals surface area contributed by atoms with Crippen LogP contribution in [-0.2, 0) is 20.8 Å². The molecule has 3 N–H and O–H groups in total. The standard InChI is InChI=1S/C29H25N3O4/c1-3-18-11-13-19(14-12-18)26-25(27(34)23-16-30-24-10-5-4-9-22(23)24)28(35)29(36)32(26)21-8-6-7-20(15-21)31-17(2)33/h4-16,26,30,34H,3H2,1-2H3,(H,31,33)/b27-25-. The molecular weight excluding hydrogens is 454 g/mol. The summed E-state index contributed by atoms with van der Waals surface area (Å²) in [5.74, 6) is -2.01. The van der Waals surface area contributed by atoms with Gasteiger partial charge < -0.3 is 15.4 Å². The minimum absolute atomic E-state index is 0.0129. The number of nitrogens with one attached hydrogen (secondary N) is 2. The van der Waals surface area contributed by atoms with E-state index in [0.29, 0.717) is 22.5 Å². The van der Waals surface area contributed by atoms with Gasteiger partial charge in [0.1, 0.15) is 5.76 Å². The number of amides is 2. The molecule has 1 saturated heterocycles. The molecule has 180 valence electrons. The van der Waals surface area contributed by atoms with Crippen LogP contribution in [0, 0.1) is 0 Å². The highest BCUT2D eigenvalue weighted by molar-refractivity contribution is 6.51. The number of fused-ring (bicyclic) bond motifs is 1. The van der Waals surface area contributed by atoms with Crippen LogP contribution in [0.15, 0.2) is 84.6 Å². The number of aliphatic hydroxyl groups is 1. The monoisotopic (exact) mass is 479 g/mol. The molecule has 1 aliphatic rings. The number of anilines is 2. The van der Waals surface area contributed by atoms with Crippen molar-refractivity contribution in [1.82, 2.24) is 4.98 Å². The summed E-state index contributed by atoms with van der Waals surface area (Å²) < 4.78 is 0. The summed E-state index contributed by atoms with van der Waals surface area (Å²) in [7, 11) is 0. The fourth-order valence-corrected chi connectivity index (χ4v) is 4.70. The number of H-pyrrole nitrogens is 1. The number of para-hydroxylation sites is 1. The maximum atomic E-state index is 13.4. The van der Waals surface area contributed by atoms with E-state index in [1.807, 2.05) is 55.5 Å². The summed E-state index contributed by atoms with van der Waals surface area (Å²) >= 11 is 0. The topological polar surface area (TPSA) is 102 Å². The average Bonchev–Trinajstić information content (AvgIpc) is 3.42. The fraction of sp³-hybridized carbons (Fsp3) is 0.138. The zero-order valence-corrected chi connectivity index (χ0v) is 19.9. The predicted octanol–water partition coefficient (Wildman–Crippen LogP) is 5.32. The fourth-order valence-electron chi connectivity index (χ4n) is 4.70. The number of aromatic amines is 1. The van der Waals surface area contributed by atoms with E-state index in [1.165, 1.54) is 11.8 Å². The summed E-state index contributed by atoms with van der Waals surface area (Å²) in [5.41, 5.74) is 4.01. The molecular formula is C29H25N3O4. The second kappa shape index (κ2) is 9.19. The Morgan fingerprint density at radius 1 is 1.03 bits per heavy atom. The van der Waals surface area contributed by atoms with Crippen LogP contribution < -0.4 is 10.2 Å². The number of rotatable bonds is 5. The van der Waals surface area contributed by atoms with E-state index >= 15 is 0 Å². The molecule has 4 aromatic rings. The molecule has 7 nitrogen and oxygen atoms in total. The summed E-state index contributed by atoms with van der Waals surface area (Å²) in [5, 5.41) is 14.9. The van der Waals surface area contributed by atoms with Crippen LogP contribution in [0.1, 0.15) is 36.6 Å². The van der Waals surface area contributed by atoms with Crippen LogP contribution in [0.25, 0.3) is 16.7 Å². The Bertz CT molecular complexity index is 1530. The normalized spacial score (nSPS) is 17.1. The minimum atomic E-state index is -0.850. The van der Waals surface area contributed by atoms with Crippen molar-refractivity contribution in [2.24, 2.45) is 0 Å². The van der Waals surface area contributed by atoms with Crippen LogP contribution in [0.5, 0.6) is 0 Å². The molecule has 5 rings (SSSR count). The third-order valence-electron chi connectivity index (χ3n) is 6.44. The summed E-state index contributed by atoms with van der Waals surface area (Å²) in [6.07, 6.45) is 2.48. The predicted molar refractivity (Wildman–Crippen MR) is 140 cm³/mol. The Hall–Kier alpha value is -4.65. The number of nitrogens with zero attached hydrogens (tertiary/aromatic N) is 1. The molecule has 3 aromatic carbocycles. The van der Waals surface area contributed by atoms with Crippen LogP contribution in [0.3, 0.4) is 0 Å². The first-order chi connectivity index (χ1) is 17.4. The van der Waals surface area contributed by atoms with E-state index < -0.39 is 17.7 Å². The Morgan fingerprint density at radius 2 is 1.78 bits per heavy atom. The Kier molecular flexibility index (Phi) is 5.90. The molecule has 1 unspecified atom stereocenters. The molecule has 1 aliphatic heterocycles. The van der Waals surface area contributed by atoms with Gasteiger partial charge in [-0.1, -0.05) is 55.5 Å². The number of hydrogen-bond donors (Lipinski definition) is 3. The second-order valence-electron chi connectivity index (χ2n) is 8.74. The minimum Gasteiger partial charge on any atom is -0.507 e. The van der Waals surface area contributed by atoms with Gasteiger partial charge in [0.25, 0.3) is 11.7 Å². The third-order valence-corrected chi connectivity index (χ3v) is 6.44. The van der Waals surface area contributed by atoms with Crippen LogP contribution in [0.2, 0.25) is 0 Å². The average molecular weight is 480 g/mol. The molecule has 1 fully saturated rings. The Balaban J connectivity index is 1.72. The zero-order valence-electron chi connectivity index (χ0n) is 19.9. The highest BCUT2D eigenvalue weighted by Crippen LogP contribution is 2.43. The van der Waals surface area contributed by atoms with Gasteiger partial charge in [-0.05, 0) is 41.8 Å². The maximum Gasteiger partial charge on any atom is 0.300 e. The lowest BCUT2D eigenvalue weighted by Crippen LogP contribution is -2.29. The van der Waals surface area contributed by atoms with Crippen LogP contribution in [0.4, 0.5) is 11.4 Å². The molecule has 0 bridgehead atoms. The van der Waals surface area contributed by atoms with Crippen molar-refractivity contribution in [2.45, 2.75) is 26.3 Å². The van der Waals surface area contributed by atoms with Crippen molar-refractivity contribution >= 4 is 45.6 Å². The number of aromatic nitrogens is 1. The van der Waals surface area contributed by atoms with Gasteiger partial charge in [0.15, 0.2) is 0 Å².